The molecule has 1 aromatic rings. The molecular formula is C15H21N3O. The molecule has 19 heavy (non-hydrogen) atoms. The van der Waals surface area contributed by atoms with Crippen LogP contribution in [0, 0.1) is 17.3 Å². The second kappa shape index (κ2) is 6.03. The minimum absolute atomic E-state index is 0.0714. The van der Waals surface area contributed by atoms with Gasteiger partial charge in [0.25, 0.3) is 0 Å². The summed E-state index contributed by atoms with van der Waals surface area (Å²) in [6, 6.07) is 0. The number of fused-ring (bicyclic) bond motifs is 1. The molecule has 1 aliphatic rings. The molecule has 0 aromatic carbocycles. The Balaban J connectivity index is 1.91. The number of nitrogens with zero attached hydrogens (tertiary/aromatic N) is 2. The molecule has 0 aliphatic carbocycles. The number of hydrogen-bond donors (Lipinski definition) is 1. The zero-order chi connectivity index (χ0) is 13.7. The maximum atomic E-state index is 5.46. The van der Waals surface area contributed by atoms with Gasteiger partial charge >= 0.3 is 0 Å². The normalized spacial score (nSPS) is 14.3. The van der Waals surface area contributed by atoms with Gasteiger partial charge in [-0.2, -0.15) is 0 Å². The highest BCUT2D eigenvalue weighted by Crippen LogP contribution is 2.20. The van der Waals surface area contributed by atoms with Crippen molar-refractivity contribution in [2.24, 2.45) is 5.41 Å². The number of anilines is 1. The standard InChI is InChI=1S/C15H21N3O/c1-15(2,3)7-4-5-8-16-14-12-10-19-9-6-13(12)17-11-18-14/h11H,5-6,8-10H2,1-3H3,(H,16,17,18). The van der Waals surface area contributed by atoms with Crippen molar-refractivity contribution in [1.82, 2.24) is 9.97 Å². The van der Waals surface area contributed by atoms with E-state index in [4.69, 9.17) is 4.74 Å². The summed E-state index contributed by atoms with van der Waals surface area (Å²) in [5, 5.41) is 3.33. The number of rotatable bonds is 3. The summed E-state index contributed by atoms with van der Waals surface area (Å²) in [7, 11) is 0. The van der Waals surface area contributed by atoms with Crippen molar-refractivity contribution in [3.05, 3.63) is 17.6 Å². The van der Waals surface area contributed by atoms with Gasteiger partial charge in [-0.15, -0.1) is 5.92 Å². The van der Waals surface area contributed by atoms with Crippen LogP contribution < -0.4 is 5.32 Å². The zero-order valence-corrected chi connectivity index (χ0v) is 11.9. The summed E-state index contributed by atoms with van der Waals surface area (Å²) < 4.78 is 5.46. The molecule has 2 rings (SSSR count). The molecule has 0 saturated heterocycles. The quantitative estimate of drug-likeness (QED) is 0.669. The molecule has 0 bridgehead atoms. The van der Waals surface area contributed by atoms with Crippen molar-refractivity contribution >= 4 is 5.82 Å². The van der Waals surface area contributed by atoms with Gasteiger partial charge in [-0.25, -0.2) is 9.97 Å². The summed E-state index contributed by atoms with van der Waals surface area (Å²) in [5.41, 5.74) is 2.27. The average molecular weight is 259 g/mol. The Labute approximate surface area is 115 Å². The number of aromatic nitrogens is 2. The molecule has 0 atom stereocenters. The van der Waals surface area contributed by atoms with Gasteiger partial charge in [0.05, 0.1) is 18.9 Å². The highest BCUT2D eigenvalue weighted by molar-refractivity contribution is 5.46. The molecule has 0 radical (unpaired) electrons. The van der Waals surface area contributed by atoms with E-state index in [-0.39, 0.29) is 5.41 Å². The summed E-state index contributed by atoms with van der Waals surface area (Å²) >= 11 is 0. The number of hydrogen-bond acceptors (Lipinski definition) is 4. The number of ether oxygens (including phenoxy) is 1. The zero-order valence-electron chi connectivity index (χ0n) is 11.9. The first kappa shape index (κ1) is 13.8. The monoisotopic (exact) mass is 259 g/mol. The molecule has 4 heteroatoms. The molecule has 1 aromatic heterocycles. The topological polar surface area (TPSA) is 47.0 Å². The SMILES string of the molecule is CC(C)(C)C#CCCNc1ncnc2c1COCC2. The van der Waals surface area contributed by atoms with E-state index in [1.165, 1.54) is 0 Å². The average Bonchev–Trinajstić information content (AvgIpc) is 2.37. The van der Waals surface area contributed by atoms with Crippen LogP contribution in [-0.4, -0.2) is 23.1 Å². The van der Waals surface area contributed by atoms with Crippen molar-refractivity contribution in [3.8, 4) is 11.8 Å². The minimum Gasteiger partial charge on any atom is -0.376 e. The second-order valence-electron chi connectivity index (χ2n) is 5.68. The number of nitrogens with one attached hydrogen (secondary N) is 1. The smallest absolute Gasteiger partial charge is 0.135 e. The lowest BCUT2D eigenvalue weighted by atomic mass is 9.98. The summed E-state index contributed by atoms with van der Waals surface area (Å²) in [4.78, 5) is 8.59. The molecule has 2 heterocycles. The van der Waals surface area contributed by atoms with Gasteiger partial charge in [-0.3, -0.25) is 0 Å². The predicted octanol–water partition coefficient (Wildman–Crippen LogP) is 2.40. The van der Waals surface area contributed by atoms with Gasteiger partial charge in [0.15, 0.2) is 0 Å². The van der Waals surface area contributed by atoms with Gasteiger partial charge in [0.1, 0.15) is 12.1 Å². The minimum atomic E-state index is 0.0714. The van der Waals surface area contributed by atoms with Crippen LogP contribution in [0.15, 0.2) is 6.33 Å². The summed E-state index contributed by atoms with van der Waals surface area (Å²) in [5.74, 6) is 7.30. The molecule has 0 amide bonds. The van der Waals surface area contributed by atoms with Crippen LogP contribution in [-0.2, 0) is 17.8 Å². The van der Waals surface area contributed by atoms with Crippen LogP contribution in [0.1, 0.15) is 38.4 Å². The molecule has 0 saturated carbocycles. The van der Waals surface area contributed by atoms with Crippen LogP contribution in [0.2, 0.25) is 0 Å². The van der Waals surface area contributed by atoms with E-state index in [2.05, 4.69) is 47.9 Å². The van der Waals surface area contributed by atoms with Gasteiger partial charge in [-0.1, -0.05) is 5.92 Å². The van der Waals surface area contributed by atoms with E-state index in [0.29, 0.717) is 6.61 Å². The Hall–Kier alpha value is -1.60. The van der Waals surface area contributed by atoms with Crippen LogP contribution in [0.5, 0.6) is 0 Å². The van der Waals surface area contributed by atoms with Crippen molar-refractivity contribution in [2.45, 2.75) is 40.2 Å². The van der Waals surface area contributed by atoms with Crippen LogP contribution >= 0.6 is 0 Å². The maximum absolute atomic E-state index is 5.46. The van der Waals surface area contributed by atoms with Crippen LogP contribution in [0.25, 0.3) is 0 Å². The Bertz CT molecular complexity index is 494. The van der Waals surface area contributed by atoms with E-state index in [1.807, 2.05) is 0 Å². The van der Waals surface area contributed by atoms with Crippen LogP contribution in [0.4, 0.5) is 5.82 Å². The molecule has 0 unspecified atom stereocenters. The Morgan fingerprint density at radius 1 is 1.37 bits per heavy atom. The summed E-state index contributed by atoms with van der Waals surface area (Å²) in [6.07, 6.45) is 3.31. The van der Waals surface area contributed by atoms with Crippen molar-refractivity contribution in [2.75, 3.05) is 18.5 Å². The van der Waals surface area contributed by atoms with E-state index < -0.39 is 0 Å². The van der Waals surface area contributed by atoms with E-state index >= 15 is 0 Å². The second-order valence-corrected chi connectivity index (χ2v) is 5.68. The largest absolute Gasteiger partial charge is 0.376 e. The van der Waals surface area contributed by atoms with Gasteiger partial charge in [-0.05, 0) is 20.8 Å². The molecule has 0 fully saturated rings. The molecule has 0 spiro atoms. The fourth-order valence-corrected chi connectivity index (χ4v) is 1.88. The molecule has 1 aliphatic heterocycles. The lowest BCUT2D eigenvalue weighted by molar-refractivity contribution is 0.109. The first-order valence-electron chi connectivity index (χ1n) is 6.71. The van der Waals surface area contributed by atoms with Crippen molar-refractivity contribution in [1.29, 1.82) is 0 Å². The first-order chi connectivity index (χ1) is 9.06. The van der Waals surface area contributed by atoms with Gasteiger partial charge in [0.2, 0.25) is 0 Å². The lowest BCUT2D eigenvalue weighted by Gasteiger charge is -2.18. The summed E-state index contributed by atoms with van der Waals surface area (Å²) in [6.45, 7) is 8.50. The first-order valence-corrected chi connectivity index (χ1v) is 6.71. The maximum Gasteiger partial charge on any atom is 0.135 e. The fraction of sp³-hybridized carbons (Fsp3) is 0.600. The third-order valence-corrected chi connectivity index (χ3v) is 2.77. The Morgan fingerprint density at radius 3 is 3.00 bits per heavy atom. The van der Waals surface area contributed by atoms with Gasteiger partial charge < -0.3 is 10.1 Å². The van der Waals surface area contributed by atoms with E-state index in [1.54, 1.807) is 6.33 Å². The molecule has 102 valence electrons. The van der Waals surface area contributed by atoms with Crippen molar-refractivity contribution < 1.29 is 4.74 Å². The van der Waals surface area contributed by atoms with Gasteiger partial charge in [0, 0.05) is 30.4 Å². The lowest BCUT2D eigenvalue weighted by Crippen LogP contribution is -2.16. The van der Waals surface area contributed by atoms with Crippen molar-refractivity contribution in [3.63, 3.8) is 0 Å². The highest BCUT2D eigenvalue weighted by atomic mass is 16.5. The predicted molar refractivity (Wildman–Crippen MR) is 75.7 cm³/mol. The Morgan fingerprint density at radius 2 is 2.21 bits per heavy atom. The van der Waals surface area contributed by atoms with E-state index in [9.17, 15) is 0 Å². The molecular weight excluding hydrogens is 238 g/mol. The third kappa shape index (κ3) is 4.22. The highest BCUT2D eigenvalue weighted by Gasteiger charge is 2.15. The Kier molecular flexibility index (Phi) is 4.39. The molecule has 1 N–H and O–H groups in total. The third-order valence-electron chi connectivity index (χ3n) is 2.77. The van der Waals surface area contributed by atoms with E-state index in [0.717, 1.165) is 43.1 Å². The van der Waals surface area contributed by atoms with Crippen LogP contribution in [0.3, 0.4) is 0 Å². The molecule has 4 nitrogen and oxygen atoms in total. The fourth-order valence-electron chi connectivity index (χ4n) is 1.88.